The number of urea groups is 1. The summed E-state index contributed by atoms with van der Waals surface area (Å²) in [5.74, 6) is 0.632. The molecule has 0 aromatic heterocycles. The van der Waals surface area contributed by atoms with Gasteiger partial charge in [-0.05, 0) is 56.8 Å². The third kappa shape index (κ3) is 6.85. The van der Waals surface area contributed by atoms with Crippen molar-refractivity contribution in [2.75, 3.05) is 45.7 Å². The minimum Gasteiger partial charge on any atom is -0.491 e. The summed E-state index contributed by atoms with van der Waals surface area (Å²) in [6.07, 6.45) is 5.31. The maximum atomic E-state index is 13.4. The quantitative estimate of drug-likeness (QED) is 0.675. The number of ether oxygens (including phenoxy) is 2. The summed E-state index contributed by atoms with van der Waals surface area (Å²) in [5, 5.41) is 5.92. The highest BCUT2D eigenvalue weighted by atomic mass is 16.5. The van der Waals surface area contributed by atoms with Gasteiger partial charge in [0.05, 0.1) is 11.7 Å². The Balaban J connectivity index is 1.84. The molecule has 0 radical (unpaired) electrons. The molecule has 1 aliphatic heterocycles. The van der Waals surface area contributed by atoms with Crippen LogP contribution in [0, 0.1) is 5.92 Å². The Morgan fingerprint density at radius 1 is 1.21 bits per heavy atom. The van der Waals surface area contributed by atoms with E-state index in [2.05, 4.69) is 36.3 Å². The Hall–Kier alpha value is -2.32. The molecule has 0 spiro atoms. The second-order valence-corrected chi connectivity index (χ2v) is 9.88. The van der Waals surface area contributed by atoms with E-state index in [0.717, 1.165) is 45.2 Å². The molecule has 3 rings (SSSR count). The van der Waals surface area contributed by atoms with Crippen LogP contribution >= 0.6 is 0 Å². The van der Waals surface area contributed by atoms with Gasteiger partial charge in [0.15, 0.2) is 0 Å². The lowest BCUT2D eigenvalue weighted by Crippen LogP contribution is -2.46. The first kappa shape index (κ1) is 26.3. The average Bonchev–Trinajstić information content (AvgIpc) is 3.32. The predicted octanol–water partition coefficient (Wildman–Crippen LogP) is 3.97. The molecule has 0 bridgehead atoms. The molecule has 1 aromatic carbocycles. The number of amides is 3. The van der Waals surface area contributed by atoms with E-state index in [1.54, 1.807) is 37.3 Å². The van der Waals surface area contributed by atoms with E-state index in [1.165, 1.54) is 0 Å². The molecule has 3 atom stereocenters. The Morgan fingerprint density at radius 2 is 1.94 bits per heavy atom. The molecule has 1 heterocycles. The highest BCUT2D eigenvalue weighted by Crippen LogP contribution is 2.27. The number of likely N-dealkylation sites (N-methyl/N-ethyl adjacent to an activating group) is 1. The van der Waals surface area contributed by atoms with Crippen molar-refractivity contribution in [3.8, 4) is 5.75 Å². The van der Waals surface area contributed by atoms with Gasteiger partial charge in [-0.2, -0.15) is 0 Å². The van der Waals surface area contributed by atoms with Gasteiger partial charge in [-0.15, -0.1) is 0 Å². The fraction of sp³-hybridized carbons (Fsp3) is 0.692. The van der Waals surface area contributed by atoms with Crippen LogP contribution < -0.4 is 15.4 Å². The van der Waals surface area contributed by atoms with Crippen LogP contribution in [-0.2, 0) is 4.74 Å². The summed E-state index contributed by atoms with van der Waals surface area (Å²) in [7, 11) is 3.50. The standard InChI is InChI=1S/C26H42N4O4/c1-6-13-30-15-18(2)24(33-5)16-29(4)25(31)22-14-21(11-12-23(22)34-17-19(30)3)28-26(32)27-20-9-7-8-10-20/h11-12,14,18-20,24H,6-10,13,15-17H2,1-5H3,(H2,27,28,32)/t18-,19-,24-/m0/s1. The minimum atomic E-state index is -0.237. The first-order chi connectivity index (χ1) is 16.3. The molecule has 0 saturated heterocycles. The Bertz CT molecular complexity index is 827. The number of fused-ring (bicyclic) bond motifs is 1. The molecule has 2 aliphatic rings. The van der Waals surface area contributed by atoms with Crippen molar-refractivity contribution in [2.45, 2.75) is 71.1 Å². The molecule has 0 unspecified atom stereocenters. The number of anilines is 1. The lowest BCUT2D eigenvalue weighted by molar-refractivity contribution is 0.0108. The highest BCUT2D eigenvalue weighted by molar-refractivity contribution is 5.99. The molecule has 1 fully saturated rings. The van der Waals surface area contributed by atoms with E-state index in [4.69, 9.17) is 9.47 Å². The average molecular weight is 475 g/mol. The van der Waals surface area contributed by atoms with Crippen molar-refractivity contribution < 1.29 is 19.1 Å². The second-order valence-electron chi connectivity index (χ2n) is 9.88. The van der Waals surface area contributed by atoms with E-state index >= 15 is 0 Å². The molecule has 1 saturated carbocycles. The van der Waals surface area contributed by atoms with E-state index in [1.807, 2.05) is 0 Å². The summed E-state index contributed by atoms with van der Waals surface area (Å²) < 4.78 is 12.0. The third-order valence-corrected chi connectivity index (χ3v) is 7.03. The maximum Gasteiger partial charge on any atom is 0.319 e. The second kappa shape index (κ2) is 12.4. The van der Waals surface area contributed by atoms with Crippen LogP contribution in [0.1, 0.15) is 63.2 Å². The van der Waals surface area contributed by atoms with Crippen molar-refractivity contribution >= 4 is 17.6 Å². The van der Waals surface area contributed by atoms with E-state index < -0.39 is 0 Å². The first-order valence-corrected chi connectivity index (χ1v) is 12.7. The Kier molecular flexibility index (Phi) is 9.59. The fourth-order valence-corrected chi connectivity index (χ4v) is 4.95. The summed E-state index contributed by atoms with van der Waals surface area (Å²) in [6, 6.07) is 5.47. The van der Waals surface area contributed by atoms with Gasteiger partial charge in [0.2, 0.25) is 0 Å². The summed E-state index contributed by atoms with van der Waals surface area (Å²) in [5.41, 5.74) is 1.02. The lowest BCUT2D eigenvalue weighted by Gasteiger charge is -2.35. The predicted molar refractivity (Wildman–Crippen MR) is 135 cm³/mol. The number of carbonyl (C=O) groups excluding carboxylic acids is 2. The van der Waals surface area contributed by atoms with Crippen LogP contribution in [0.25, 0.3) is 0 Å². The number of hydrogen-bond donors (Lipinski definition) is 2. The molecule has 190 valence electrons. The number of hydrogen-bond acceptors (Lipinski definition) is 5. The van der Waals surface area contributed by atoms with E-state index in [-0.39, 0.29) is 36.0 Å². The van der Waals surface area contributed by atoms with Crippen molar-refractivity contribution in [3.05, 3.63) is 23.8 Å². The largest absolute Gasteiger partial charge is 0.491 e. The molecular formula is C26H42N4O4. The molecule has 3 amide bonds. The Morgan fingerprint density at radius 3 is 2.62 bits per heavy atom. The molecule has 1 aliphatic carbocycles. The van der Waals surface area contributed by atoms with Crippen molar-refractivity contribution in [2.24, 2.45) is 5.92 Å². The zero-order chi connectivity index (χ0) is 24.7. The number of methoxy groups -OCH3 is 1. The number of rotatable bonds is 5. The van der Waals surface area contributed by atoms with Gasteiger partial charge in [-0.1, -0.05) is 26.7 Å². The first-order valence-electron chi connectivity index (χ1n) is 12.7. The zero-order valence-corrected chi connectivity index (χ0v) is 21.4. The smallest absolute Gasteiger partial charge is 0.319 e. The minimum absolute atomic E-state index is 0.0807. The number of benzene rings is 1. The molecule has 8 nitrogen and oxygen atoms in total. The normalized spacial score (nSPS) is 25.1. The van der Waals surface area contributed by atoms with Crippen LogP contribution in [-0.4, -0.2) is 80.3 Å². The van der Waals surface area contributed by atoms with E-state index in [9.17, 15) is 9.59 Å². The maximum absolute atomic E-state index is 13.4. The molecule has 1 aromatic rings. The zero-order valence-electron chi connectivity index (χ0n) is 21.4. The lowest BCUT2D eigenvalue weighted by atomic mass is 10.0. The van der Waals surface area contributed by atoms with Gasteiger partial charge in [0.1, 0.15) is 12.4 Å². The van der Waals surface area contributed by atoms with Crippen LogP contribution in [0.4, 0.5) is 10.5 Å². The molecule has 2 N–H and O–H groups in total. The van der Waals surface area contributed by atoms with Gasteiger partial charge in [0.25, 0.3) is 5.91 Å². The van der Waals surface area contributed by atoms with Crippen LogP contribution in [0.5, 0.6) is 5.75 Å². The third-order valence-electron chi connectivity index (χ3n) is 7.03. The van der Waals surface area contributed by atoms with Gasteiger partial charge in [-0.25, -0.2) is 4.79 Å². The van der Waals surface area contributed by atoms with Crippen LogP contribution in [0.2, 0.25) is 0 Å². The SMILES string of the molecule is CCCN1C[C@H](C)[C@@H](OC)CN(C)C(=O)c2cc(NC(=O)NC3CCCC3)ccc2OC[C@@H]1C. The van der Waals surface area contributed by atoms with Gasteiger partial charge in [-0.3, -0.25) is 9.69 Å². The highest BCUT2D eigenvalue weighted by Gasteiger charge is 2.28. The van der Waals surface area contributed by atoms with Crippen LogP contribution in [0.3, 0.4) is 0 Å². The van der Waals surface area contributed by atoms with Gasteiger partial charge < -0.3 is 25.0 Å². The number of nitrogens with one attached hydrogen (secondary N) is 2. The number of carbonyl (C=O) groups is 2. The monoisotopic (exact) mass is 474 g/mol. The molecule has 8 heteroatoms. The summed E-state index contributed by atoms with van der Waals surface area (Å²) in [6.45, 7) is 9.33. The molecule has 34 heavy (non-hydrogen) atoms. The van der Waals surface area contributed by atoms with Gasteiger partial charge in [0, 0.05) is 45.0 Å². The van der Waals surface area contributed by atoms with Crippen LogP contribution in [0.15, 0.2) is 18.2 Å². The summed E-state index contributed by atoms with van der Waals surface area (Å²) >= 11 is 0. The van der Waals surface area contributed by atoms with Crippen molar-refractivity contribution in [1.29, 1.82) is 0 Å². The van der Waals surface area contributed by atoms with E-state index in [0.29, 0.717) is 30.2 Å². The molecular weight excluding hydrogens is 432 g/mol. The van der Waals surface area contributed by atoms with Gasteiger partial charge >= 0.3 is 6.03 Å². The summed E-state index contributed by atoms with van der Waals surface area (Å²) in [4.78, 5) is 30.0. The Labute approximate surface area is 204 Å². The number of nitrogens with zero attached hydrogens (tertiary/aromatic N) is 2. The van der Waals surface area contributed by atoms with Crippen molar-refractivity contribution in [3.63, 3.8) is 0 Å². The van der Waals surface area contributed by atoms with Crippen molar-refractivity contribution in [1.82, 2.24) is 15.1 Å². The fourth-order valence-electron chi connectivity index (χ4n) is 4.95. The topological polar surface area (TPSA) is 83.1 Å².